The fourth-order valence-corrected chi connectivity index (χ4v) is 5.53. The van der Waals surface area contributed by atoms with Gasteiger partial charge in [0, 0.05) is 37.8 Å². The largest absolute Gasteiger partial charge is 0.438 e. The van der Waals surface area contributed by atoms with Gasteiger partial charge in [0.05, 0.1) is 11.1 Å². The van der Waals surface area contributed by atoms with Crippen LogP contribution >= 0.6 is 46.2 Å². The van der Waals surface area contributed by atoms with E-state index in [0.29, 0.717) is 10.7 Å². The van der Waals surface area contributed by atoms with E-state index >= 15 is 0 Å². The van der Waals surface area contributed by atoms with Crippen LogP contribution in [0.5, 0.6) is 0 Å². The Morgan fingerprint density at radius 3 is 2.60 bits per heavy atom. The number of halogens is 2. The Labute approximate surface area is 222 Å². The number of esters is 1. The molecular weight excluding hydrogens is 573 g/mol. The number of amides is 1. The fraction of sp³-hybridized carbons (Fsp3) is 0.280. The first-order chi connectivity index (χ1) is 16.4. The zero-order chi connectivity index (χ0) is 25.8. The molecule has 0 spiro atoms. The van der Waals surface area contributed by atoms with Crippen molar-refractivity contribution in [2.45, 2.75) is 20.8 Å². The molecule has 1 aromatic heterocycles. The zero-order valence-electron chi connectivity index (χ0n) is 19.8. The first kappa shape index (κ1) is 27.6. The summed E-state index contributed by atoms with van der Waals surface area (Å²) in [5.41, 5.74) is 0.777. The van der Waals surface area contributed by atoms with Crippen molar-refractivity contribution < 1.29 is 23.4 Å². The monoisotopic (exact) mass is 597 g/mol. The van der Waals surface area contributed by atoms with Crippen LogP contribution in [0.2, 0.25) is 5.02 Å². The van der Waals surface area contributed by atoms with Crippen molar-refractivity contribution in [3.05, 3.63) is 69.1 Å². The molecule has 1 heterocycles. The van der Waals surface area contributed by atoms with Crippen LogP contribution < -0.4 is 4.90 Å². The SMILES string of the molecule is CC(C)(C)C(=O)OCOP(C)(=O)CC(=O)N(/C=C/c1ccccc1Br)c1csc2ccc(Cl)cc12. The highest BCUT2D eigenvalue weighted by Crippen LogP contribution is 2.44. The van der Waals surface area contributed by atoms with E-state index in [-0.39, 0.29) is 6.16 Å². The van der Waals surface area contributed by atoms with Crippen LogP contribution in [0.15, 0.2) is 58.5 Å². The molecule has 0 N–H and O–H groups in total. The first-order valence-electron chi connectivity index (χ1n) is 10.7. The molecule has 1 unspecified atom stereocenters. The molecule has 0 aliphatic carbocycles. The summed E-state index contributed by atoms with van der Waals surface area (Å²) in [6, 6.07) is 13.1. The molecule has 0 saturated carbocycles. The van der Waals surface area contributed by atoms with Crippen molar-refractivity contribution in [1.82, 2.24) is 0 Å². The summed E-state index contributed by atoms with van der Waals surface area (Å²) < 4.78 is 25.3. The van der Waals surface area contributed by atoms with Crippen LogP contribution in [0.25, 0.3) is 16.2 Å². The molecule has 0 aliphatic heterocycles. The standard InChI is InChI=1S/C25H26BrClNO5PS/c1-25(2,3)24(30)32-16-33-34(4,31)14-23(29)28(12-11-17-7-5-6-8-20(17)26)21-15-35-22-10-9-18(27)13-19(21)22/h5-13,15H,14,16H2,1-4H3/b12-11+. The number of thiophene rings is 1. The molecule has 0 fully saturated rings. The third kappa shape index (κ3) is 7.51. The maximum absolute atomic E-state index is 13.4. The number of ether oxygens (including phenoxy) is 1. The van der Waals surface area contributed by atoms with E-state index in [4.69, 9.17) is 20.9 Å². The number of carbonyl (C=O) groups excluding carboxylic acids is 2. The van der Waals surface area contributed by atoms with Crippen LogP contribution in [-0.4, -0.2) is 31.5 Å². The number of benzene rings is 2. The highest BCUT2D eigenvalue weighted by Gasteiger charge is 2.28. The van der Waals surface area contributed by atoms with Crippen LogP contribution in [-0.2, 0) is 23.4 Å². The molecule has 0 radical (unpaired) electrons. The lowest BCUT2D eigenvalue weighted by Gasteiger charge is -2.22. The number of carbonyl (C=O) groups is 2. The van der Waals surface area contributed by atoms with Gasteiger partial charge in [0.15, 0.2) is 6.79 Å². The Balaban J connectivity index is 1.86. The van der Waals surface area contributed by atoms with E-state index in [1.165, 1.54) is 22.9 Å². The summed E-state index contributed by atoms with van der Waals surface area (Å²) >= 11 is 11.2. The normalized spacial score (nSPS) is 13.7. The quantitative estimate of drug-likeness (QED) is 0.150. The number of hydrogen-bond donors (Lipinski definition) is 0. The minimum atomic E-state index is -3.42. The molecule has 35 heavy (non-hydrogen) atoms. The van der Waals surface area contributed by atoms with E-state index < -0.39 is 31.5 Å². The van der Waals surface area contributed by atoms with Gasteiger partial charge in [0.25, 0.3) is 0 Å². The van der Waals surface area contributed by atoms with Gasteiger partial charge in [-0.25, -0.2) is 0 Å². The average Bonchev–Trinajstić information content (AvgIpc) is 3.16. The minimum absolute atomic E-state index is 0.377. The third-order valence-electron chi connectivity index (χ3n) is 4.90. The van der Waals surface area contributed by atoms with Crippen LogP contribution in [0.3, 0.4) is 0 Å². The maximum Gasteiger partial charge on any atom is 0.313 e. The van der Waals surface area contributed by atoms with Gasteiger partial charge in [0.2, 0.25) is 13.3 Å². The Hall–Kier alpha value is -1.96. The summed E-state index contributed by atoms with van der Waals surface area (Å²) in [7, 11) is -3.42. The summed E-state index contributed by atoms with van der Waals surface area (Å²) in [4.78, 5) is 26.8. The highest BCUT2D eigenvalue weighted by atomic mass is 79.9. The second-order valence-electron chi connectivity index (χ2n) is 8.96. The van der Waals surface area contributed by atoms with Gasteiger partial charge in [-0.2, -0.15) is 0 Å². The molecule has 186 valence electrons. The number of fused-ring (bicyclic) bond motifs is 1. The van der Waals surface area contributed by atoms with Gasteiger partial charge in [-0.3, -0.25) is 23.6 Å². The summed E-state index contributed by atoms with van der Waals surface area (Å²) in [5, 5.41) is 3.21. The predicted octanol–water partition coefficient (Wildman–Crippen LogP) is 7.79. The number of hydrogen-bond acceptors (Lipinski definition) is 6. The van der Waals surface area contributed by atoms with Crippen LogP contribution in [0, 0.1) is 5.41 Å². The van der Waals surface area contributed by atoms with Gasteiger partial charge in [-0.1, -0.05) is 45.7 Å². The van der Waals surface area contributed by atoms with Crippen molar-refractivity contribution in [1.29, 1.82) is 0 Å². The molecule has 10 heteroatoms. The average molecular weight is 599 g/mol. The molecule has 0 saturated heterocycles. The molecule has 2 aromatic carbocycles. The summed E-state index contributed by atoms with van der Waals surface area (Å²) in [6.07, 6.45) is 3.06. The van der Waals surface area contributed by atoms with E-state index in [0.717, 1.165) is 20.1 Å². The maximum atomic E-state index is 13.4. The number of nitrogens with zero attached hydrogens (tertiary/aromatic N) is 1. The van der Waals surface area contributed by atoms with E-state index in [1.54, 1.807) is 45.2 Å². The van der Waals surface area contributed by atoms with Crippen LogP contribution in [0.4, 0.5) is 5.69 Å². The second kappa shape index (κ2) is 11.4. The molecule has 1 amide bonds. The van der Waals surface area contributed by atoms with Crippen molar-refractivity contribution in [3.63, 3.8) is 0 Å². The molecule has 3 rings (SSSR count). The predicted molar refractivity (Wildman–Crippen MR) is 147 cm³/mol. The molecular formula is C25H26BrClNO5PS. The zero-order valence-corrected chi connectivity index (χ0v) is 23.8. The summed E-state index contributed by atoms with van der Waals surface area (Å²) in [5.74, 6) is -0.913. The van der Waals surface area contributed by atoms with Gasteiger partial charge in [-0.15, -0.1) is 11.3 Å². The lowest BCUT2D eigenvalue weighted by Crippen LogP contribution is -2.28. The lowest BCUT2D eigenvalue weighted by atomic mass is 9.98. The van der Waals surface area contributed by atoms with E-state index in [2.05, 4.69) is 15.9 Å². The number of rotatable bonds is 8. The Morgan fingerprint density at radius 1 is 1.20 bits per heavy atom. The molecule has 0 aliphatic rings. The van der Waals surface area contributed by atoms with Gasteiger partial charge < -0.3 is 4.74 Å². The Bertz CT molecular complexity index is 1320. The van der Waals surface area contributed by atoms with Gasteiger partial charge >= 0.3 is 5.97 Å². The highest BCUT2D eigenvalue weighted by molar-refractivity contribution is 9.10. The van der Waals surface area contributed by atoms with Crippen LogP contribution in [0.1, 0.15) is 26.3 Å². The molecule has 1 atom stereocenters. The van der Waals surface area contributed by atoms with Crippen molar-refractivity contribution >= 4 is 80.0 Å². The molecule has 0 bridgehead atoms. The van der Waals surface area contributed by atoms with Crippen molar-refractivity contribution in [2.24, 2.45) is 5.41 Å². The topological polar surface area (TPSA) is 72.9 Å². The Kier molecular flexibility index (Phi) is 9.00. The first-order valence-corrected chi connectivity index (χ1v) is 15.0. The minimum Gasteiger partial charge on any atom is -0.438 e. The lowest BCUT2D eigenvalue weighted by molar-refractivity contribution is -0.159. The van der Waals surface area contributed by atoms with E-state index in [1.807, 2.05) is 35.7 Å². The smallest absolute Gasteiger partial charge is 0.313 e. The second-order valence-corrected chi connectivity index (χ2v) is 13.8. The van der Waals surface area contributed by atoms with Crippen molar-refractivity contribution in [3.8, 4) is 0 Å². The van der Waals surface area contributed by atoms with E-state index in [9.17, 15) is 14.2 Å². The Morgan fingerprint density at radius 2 is 1.91 bits per heavy atom. The fourth-order valence-electron chi connectivity index (χ4n) is 3.01. The summed E-state index contributed by atoms with van der Waals surface area (Å²) in [6.45, 7) is 5.99. The number of anilines is 1. The van der Waals surface area contributed by atoms with Crippen molar-refractivity contribution in [2.75, 3.05) is 24.5 Å². The van der Waals surface area contributed by atoms with Gasteiger partial charge in [-0.05, 0) is 56.7 Å². The van der Waals surface area contributed by atoms with Gasteiger partial charge in [0.1, 0.15) is 6.16 Å². The molecule has 3 aromatic rings. The molecule has 6 nitrogen and oxygen atoms in total. The third-order valence-corrected chi connectivity index (χ3v) is 8.31.